The fourth-order valence-electron chi connectivity index (χ4n) is 5.11. The van der Waals surface area contributed by atoms with Gasteiger partial charge in [0, 0.05) is 42.2 Å². The molecule has 0 bridgehead atoms. The molecule has 0 amide bonds. The van der Waals surface area contributed by atoms with E-state index in [4.69, 9.17) is 5.73 Å². The molecule has 4 aliphatic rings. The highest BCUT2D eigenvalue weighted by Gasteiger charge is 2.59. The summed E-state index contributed by atoms with van der Waals surface area (Å²) < 4.78 is 57.5. The molecule has 0 radical (unpaired) electrons. The van der Waals surface area contributed by atoms with Gasteiger partial charge in [-0.05, 0) is 30.3 Å². The van der Waals surface area contributed by atoms with Gasteiger partial charge in [0.05, 0.1) is 17.3 Å². The van der Waals surface area contributed by atoms with E-state index >= 15 is 0 Å². The molecule has 5 heterocycles. The van der Waals surface area contributed by atoms with Crippen molar-refractivity contribution >= 4 is 17.5 Å². The van der Waals surface area contributed by atoms with E-state index in [1.54, 1.807) is 30.4 Å². The van der Waals surface area contributed by atoms with Gasteiger partial charge in [-0.1, -0.05) is 0 Å². The number of nitrogens with two attached hydrogens (primary N) is 1. The molecule has 3 aliphatic heterocycles. The summed E-state index contributed by atoms with van der Waals surface area (Å²) in [6, 6.07) is 2.10. The lowest BCUT2D eigenvalue weighted by molar-refractivity contribution is 0.252. The molecule has 1 fully saturated rings. The molecule has 4 atom stereocenters. The summed E-state index contributed by atoms with van der Waals surface area (Å²) in [5.41, 5.74) is 8.28. The summed E-state index contributed by atoms with van der Waals surface area (Å²) in [6.45, 7) is 0.135. The lowest BCUT2D eigenvalue weighted by Gasteiger charge is -2.34. The van der Waals surface area contributed by atoms with Crippen molar-refractivity contribution in [1.82, 2.24) is 19.8 Å². The number of anilines is 1. The Morgan fingerprint density at radius 3 is 2.66 bits per heavy atom. The number of pyridine rings is 2. The monoisotopic (exact) mass is 443 g/mol. The number of nitrogens with zero attached hydrogens (tertiary/aromatic N) is 5. The molecule has 3 N–H and O–H groups in total. The number of rotatable bonds is 2. The number of hydrogen-bond donors (Lipinski definition) is 2. The summed E-state index contributed by atoms with van der Waals surface area (Å²) in [5.74, 6) is -4.15. The molecule has 32 heavy (non-hydrogen) atoms. The van der Waals surface area contributed by atoms with E-state index in [-0.39, 0.29) is 29.9 Å². The van der Waals surface area contributed by atoms with Gasteiger partial charge < -0.3 is 16.0 Å². The van der Waals surface area contributed by atoms with Gasteiger partial charge in [0.25, 0.3) is 0 Å². The van der Waals surface area contributed by atoms with Crippen LogP contribution in [0.4, 0.5) is 23.2 Å². The minimum Gasteiger partial charge on any atom is -0.362 e. The van der Waals surface area contributed by atoms with E-state index in [0.29, 0.717) is 16.7 Å². The van der Waals surface area contributed by atoms with Crippen LogP contribution < -0.4 is 11.1 Å². The predicted molar refractivity (Wildman–Crippen MR) is 108 cm³/mol. The fourth-order valence-corrected chi connectivity index (χ4v) is 5.11. The highest BCUT2D eigenvalue weighted by molar-refractivity contribution is 5.92. The van der Waals surface area contributed by atoms with E-state index in [1.165, 1.54) is 12.1 Å². The van der Waals surface area contributed by atoms with Crippen LogP contribution in [0.3, 0.4) is 0 Å². The van der Waals surface area contributed by atoms with E-state index in [2.05, 4.69) is 20.3 Å². The van der Waals surface area contributed by atoms with Gasteiger partial charge in [0.15, 0.2) is 6.17 Å². The molecule has 0 spiro atoms. The second kappa shape index (κ2) is 6.59. The first-order valence-electron chi connectivity index (χ1n) is 10.0. The Morgan fingerprint density at radius 2 is 1.88 bits per heavy atom. The quantitative estimate of drug-likeness (QED) is 0.422. The molecule has 1 saturated carbocycles. The summed E-state index contributed by atoms with van der Waals surface area (Å²) >= 11 is 0. The highest BCUT2D eigenvalue weighted by Crippen LogP contribution is 2.63. The molecule has 0 saturated heterocycles. The van der Waals surface area contributed by atoms with Crippen molar-refractivity contribution in [2.24, 2.45) is 10.7 Å². The van der Waals surface area contributed by atoms with Crippen molar-refractivity contribution in [3.63, 3.8) is 0 Å². The number of likely N-dealkylation sites (N-methyl/N-ethyl adjacent to an activating group) is 1. The second-order valence-electron chi connectivity index (χ2n) is 8.14. The summed E-state index contributed by atoms with van der Waals surface area (Å²) in [4.78, 5) is 14.6. The van der Waals surface area contributed by atoms with Crippen LogP contribution in [0.1, 0.15) is 28.8 Å². The Labute approximate surface area is 180 Å². The first-order valence-corrected chi connectivity index (χ1v) is 10.0. The summed E-state index contributed by atoms with van der Waals surface area (Å²) in [6.07, 6.45) is 3.80. The topological polar surface area (TPSA) is 82.7 Å². The van der Waals surface area contributed by atoms with Crippen molar-refractivity contribution in [2.45, 2.75) is 24.3 Å². The fraction of sp³-hybridized carbons (Fsp3) is 0.286. The summed E-state index contributed by atoms with van der Waals surface area (Å²) in [5, 5.41) is 3.04. The Kier molecular flexibility index (Phi) is 3.99. The number of aromatic nitrogens is 2. The number of aliphatic imine (C=N–C) groups is 1. The largest absolute Gasteiger partial charge is 0.362 e. The molecule has 6 rings (SSSR count). The first kappa shape index (κ1) is 19.4. The molecule has 4 unspecified atom stereocenters. The molecule has 7 nitrogen and oxygen atoms in total. The predicted octanol–water partition coefficient (Wildman–Crippen LogP) is 2.46. The molecular formula is C21H17F4N7. The zero-order valence-corrected chi connectivity index (χ0v) is 16.7. The number of hydrogen-bond acceptors (Lipinski definition) is 7. The molecule has 2 aromatic heterocycles. The lowest BCUT2D eigenvalue weighted by Crippen LogP contribution is -2.40. The Morgan fingerprint density at radius 1 is 1.12 bits per heavy atom. The highest BCUT2D eigenvalue weighted by atomic mass is 19.1. The average molecular weight is 443 g/mol. The van der Waals surface area contributed by atoms with Crippen LogP contribution in [-0.4, -0.2) is 51.9 Å². The lowest BCUT2D eigenvalue weighted by atomic mass is 9.97. The van der Waals surface area contributed by atoms with E-state index in [0.717, 1.165) is 5.57 Å². The van der Waals surface area contributed by atoms with Crippen molar-refractivity contribution in [3.8, 4) is 0 Å². The minimum absolute atomic E-state index is 0.0684. The van der Waals surface area contributed by atoms with Gasteiger partial charge in [-0.3, -0.25) is 9.89 Å². The SMILES string of the molecule is CN(CN)C1Nc2c(cc(F)nc2F)/C1=C1/C2c3cc(F)nc(F)c3C3N=CC=CN3C12. The molecule has 0 aromatic carbocycles. The van der Waals surface area contributed by atoms with Gasteiger partial charge in [0.1, 0.15) is 6.17 Å². The van der Waals surface area contributed by atoms with Crippen molar-refractivity contribution in [1.29, 1.82) is 0 Å². The Balaban J connectivity index is 1.61. The maximum atomic E-state index is 14.8. The van der Waals surface area contributed by atoms with Crippen LogP contribution in [0.5, 0.6) is 0 Å². The van der Waals surface area contributed by atoms with Gasteiger partial charge in [-0.25, -0.2) is 0 Å². The zero-order chi connectivity index (χ0) is 22.3. The van der Waals surface area contributed by atoms with Crippen LogP contribution in [0.15, 0.2) is 35.0 Å². The zero-order valence-electron chi connectivity index (χ0n) is 16.7. The van der Waals surface area contributed by atoms with Crippen molar-refractivity contribution in [3.05, 3.63) is 70.5 Å². The Hall–Kier alpha value is -3.31. The smallest absolute Gasteiger partial charge is 0.239 e. The maximum Gasteiger partial charge on any atom is 0.239 e. The normalized spacial score (nSPS) is 28.9. The first-order chi connectivity index (χ1) is 15.4. The standard InChI is InChI=1S/C21H17F4N7/c1-31(7-26)21-13(9-6-11(23)29-19(25)16(9)30-21)15-12-8-5-10(22)28-18(24)14(8)20-27-3-2-4-32(20)17(12)15/h2-6,12,17,20-21,30H,7,26H2,1H3/b15-13+. The van der Waals surface area contributed by atoms with Gasteiger partial charge in [0.2, 0.25) is 23.8 Å². The van der Waals surface area contributed by atoms with Crippen molar-refractivity contribution < 1.29 is 17.6 Å². The number of halogens is 4. The van der Waals surface area contributed by atoms with Gasteiger partial charge in [-0.2, -0.15) is 27.5 Å². The van der Waals surface area contributed by atoms with Crippen LogP contribution in [0.25, 0.3) is 5.57 Å². The molecule has 164 valence electrons. The van der Waals surface area contributed by atoms with Crippen molar-refractivity contribution in [2.75, 3.05) is 19.0 Å². The Bertz CT molecular complexity index is 1260. The molecule has 1 aliphatic carbocycles. The summed E-state index contributed by atoms with van der Waals surface area (Å²) in [7, 11) is 1.74. The maximum absolute atomic E-state index is 14.8. The van der Waals surface area contributed by atoms with Crippen LogP contribution in [0.2, 0.25) is 0 Å². The van der Waals surface area contributed by atoms with Crippen LogP contribution in [-0.2, 0) is 0 Å². The van der Waals surface area contributed by atoms with Gasteiger partial charge >= 0.3 is 0 Å². The van der Waals surface area contributed by atoms with E-state index in [1.807, 2.05) is 4.90 Å². The average Bonchev–Trinajstić information content (AvgIpc) is 3.38. The van der Waals surface area contributed by atoms with Gasteiger partial charge in [-0.15, -0.1) is 0 Å². The number of allylic oxidation sites excluding steroid dienone is 1. The molecular weight excluding hydrogens is 426 g/mol. The number of nitrogens with one attached hydrogen (secondary N) is 1. The van der Waals surface area contributed by atoms with Crippen LogP contribution >= 0.6 is 0 Å². The van der Waals surface area contributed by atoms with E-state index in [9.17, 15) is 17.6 Å². The van der Waals surface area contributed by atoms with E-state index < -0.39 is 36.1 Å². The molecule has 11 heteroatoms. The molecule has 2 aromatic rings. The third kappa shape index (κ3) is 2.51. The number of fused-ring (bicyclic) bond motifs is 7. The third-order valence-electron chi connectivity index (χ3n) is 6.47. The third-order valence-corrected chi connectivity index (χ3v) is 6.47. The minimum atomic E-state index is -0.961. The van der Waals surface area contributed by atoms with Crippen LogP contribution in [0, 0.1) is 23.8 Å². The second-order valence-corrected chi connectivity index (χ2v) is 8.14.